The molecule has 0 radical (unpaired) electrons. The second-order valence-corrected chi connectivity index (χ2v) is 3.46. The Morgan fingerprint density at radius 3 is 3.06 bits per heavy atom. The SMILES string of the molecule is O=C(/C=C/Cc1cnc([N+](=O)[O-])[nH]1)NCCCO. The number of nitro groups is 1. The fraction of sp³-hybridized carbons (Fsp3) is 0.400. The van der Waals surface area contributed by atoms with Crippen LogP contribution in [0.3, 0.4) is 0 Å². The van der Waals surface area contributed by atoms with Crippen LogP contribution >= 0.6 is 0 Å². The maximum atomic E-state index is 11.2. The van der Waals surface area contributed by atoms with Gasteiger partial charge in [-0.25, -0.2) is 4.98 Å². The molecule has 0 saturated heterocycles. The Balaban J connectivity index is 2.34. The number of imidazole rings is 1. The van der Waals surface area contributed by atoms with Gasteiger partial charge < -0.3 is 20.5 Å². The molecule has 1 aromatic heterocycles. The molecule has 18 heavy (non-hydrogen) atoms. The second kappa shape index (κ2) is 7.17. The molecule has 1 heterocycles. The Morgan fingerprint density at radius 1 is 1.67 bits per heavy atom. The Bertz CT molecular complexity index is 441. The lowest BCUT2D eigenvalue weighted by Crippen LogP contribution is -2.22. The van der Waals surface area contributed by atoms with Gasteiger partial charge in [-0.05, 0) is 17.4 Å². The molecule has 98 valence electrons. The average molecular weight is 254 g/mol. The molecule has 0 aliphatic carbocycles. The van der Waals surface area contributed by atoms with E-state index in [0.29, 0.717) is 25.1 Å². The predicted octanol–water partition coefficient (Wildman–Crippen LogP) is -0.0848. The molecule has 0 saturated carbocycles. The summed E-state index contributed by atoms with van der Waals surface area (Å²) in [5.41, 5.74) is 0.557. The molecule has 0 unspecified atom stereocenters. The van der Waals surface area contributed by atoms with Crippen LogP contribution in [-0.2, 0) is 11.2 Å². The van der Waals surface area contributed by atoms with Crippen molar-refractivity contribution in [3.8, 4) is 0 Å². The van der Waals surface area contributed by atoms with Crippen LogP contribution in [0.15, 0.2) is 18.3 Å². The lowest BCUT2D eigenvalue weighted by molar-refractivity contribution is -0.393. The summed E-state index contributed by atoms with van der Waals surface area (Å²) in [5.74, 6) is -0.580. The number of nitrogens with zero attached hydrogens (tertiary/aromatic N) is 2. The van der Waals surface area contributed by atoms with E-state index in [1.165, 1.54) is 12.3 Å². The van der Waals surface area contributed by atoms with Crippen LogP contribution in [0.4, 0.5) is 5.95 Å². The second-order valence-electron chi connectivity index (χ2n) is 3.46. The fourth-order valence-corrected chi connectivity index (χ4v) is 1.19. The van der Waals surface area contributed by atoms with E-state index in [1.54, 1.807) is 6.08 Å². The summed E-state index contributed by atoms with van der Waals surface area (Å²) in [6, 6.07) is 0. The highest BCUT2D eigenvalue weighted by Crippen LogP contribution is 2.05. The molecule has 0 fully saturated rings. The van der Waals surface area contributed by atoms with Crippen LogP contribution in [0, 0.1) is 10.1 Å². The standard InChI is InChI=1S/C10H14N4O4/c15-6-2-5-11-9(16)4-1-3-8-7-12-10(13-8)14(17)18/h1,4,7,15H,2-3,5-6H2,(H,11,16)(H,12,13)/b4-1+. The number of H-pyrrole nitrogens is 1. The smallest absolute Gasteiger partial charge is 0.396 e. The monoisotopic (exact) mass is 254 g/mol. The highest BCUT2D eigenvalue weighted by Gasteiger charge is 2.09. The van der Waals surface area contributed by atoms with Crippen molar-refractivity contribution in [1.82, 2.24) is 15.3 Å². The van der Waals surface area contributed by atoms with E-state index in [4.69, 9.17) is 5.11 Å². The van der Waals surface area contributed by atoms with Crippen molar-refractivity contribution in [2.75, 3.05) is 13.2 Å². The molecule has 3 N–H and O–H groups in total. The number of hydrogen-bond donors (Lipinski definition) is 3. The summed E-state index contributed by atoms with van der Waals surface area (Å²) in [6.07, 6.45) is 5.13. The van der Waals surface area contributed by atoms with E-state index < -0.39 is 4.92 Å². The number of aliphatic hydroxyl groups excluding tert-OH is 1. The first-order valence-electron chi connectivity index (χ1n) is 5.37. The number of carbonyl (C=O) groups excluding carboxylic acids is 1. The maximum absolute atomic E-state index is 11.2. The number of aliphatic hydroxyl groups is 1. The number of rotatable bonds is 7. The minimum atomic E-state index is -0.616. The minimum absolute atomic E-state index is 0.0296. The fourth-order valence-electron chi connectivity index (χ4n) is 1.19. The zero-order valence-corrected chi connectivity index (χ0v) is 9.63. The summed E-state index contributed by atoms with van der Waals surface area (Å²) in [6.45, 7) is 0.441. The van der Waals surface area contributed by atoms with Crippen LogP contribution in [0.25, 0.3) is 0 Å². The molecule has 0 bridgehead atoms. The van der Waals surface area contributed by atoms with Crippen molar-refractivity contribution in [2.24, 2.45) is 0 Å². The molecule has 1 amide bonds. The average Bonchev–Trinajstić information content (AvgIpc) is 2.78. The van der Waals surface area contributed by atoms with Gasteiger partial charge in [0.1, 0.15) is 11.9 Å². The third-order valence-corrected chi connectivity index (χ3v) is 2.03. The topological polar surface area (TPSA) is 121 Å². The summed E-state index contributed by atoms with van der Waals surface area (Å²) < 4.78 is 0. The van der Waals surface area contributed by atoms with E-state index in [-0.39, 0.29) is 18.5 Å². The van der Waals surface area contributed by atoms with Gasteiger partial charge in [-0.2, -0.15) is 0 Å². The summed E-state index contributed by atoms with van der Waals surface area (Å²) in [5, 5.41) is 21.4. The first-order chi connectivity index (χ1) is 8.63. The molecule has 0 aliphatic rings. The van der Waals surface area contributed by atoms with Crippen LogP contribution in [0.1, 0.15) is 12.1 Å². The lowest BCUT2D eigenvalue weighted by atomic mass is 10.3. The molecule has 8 heteroatoms. The van der Waals surface area contributed by atoms with Gasteiger partial charge >= 0.3 is 5.95 Å². The van der Waals surface area contributed by atoms with Gasteiger partial charge in [0.05, 0.1) is 0 Å². The van der Waals surface area contributed by atoms with Crippen molar-refractivity contribution >= 4 is 11.9 Å². The first-order valence-corrected chi connectivity index (χ1v) is 5.37. The Labute approximate surface area is 103 Å². The maximum Gasteiger partial charge on any atom is 0.432 e. The van der Waals surface area contributed by atoms with Crippen LogP contribution in [-0.4, -0.2) is 39.1 Å². The Morgan fingerprint density at radius 2 is 2.44 bits per heavy atom. The largest absolute Gasteiger partial charge is 0.432 e. The van der Waals surface area contributed by atoms with Crippen molar-refractivity contribution < 1.29 is 14.8 Å². The van der Waals surface area contributed by atoms with Crippen LogP contribution < -0.4 is 5.32 Å². The highest BCUT2D eigenvalue weighted by atomic mass is 16.6. The summed E-state index contributed by atoms with van der Waals surface area (Å²) >= 11 is 0. The van der Waals surface area contributed by atoms with Gasteiger partial charge in [0.25, 0.3) is 0 Å². The molecule has 1 rings (SSSR count). The highest BCUT2D eigenvalue weighted by molar-refractivity contribution is 5.87. The molecular formula is C10H14N4O4. The molecule has 0 spiro atoms. The minimum Gasteiger partial charge on any atom is -0.396 e. The van der Waals surface area contributed by atoms with Gasteiger partial charge in [-0.3, -0.25) is 4.79 Å². The lowest BCUT2D eigenvalue weighted by Gasteiger charge is -1.98. The van der Waals surface area contributed by atoms with Crippen molar-refractivity contribution in [1.29, 1.82) is 0 Å². The number of aromatic nitrogens is 2. The zero-order chi connectivity index (χ0) is 13.4. The quantitative estimate of drug-likeness (QED) is 0.272. The van der Waals surface area contributed by atoms with Gasteiger partial charge in [-0.1, -0.05) is 11.1 Å². The van der Waals surface area contributed by atoms with Gasteiger partial charge in [0.2, 0.25) is 5.91 Å². The molecule has 0 aliphatic heterocycles. The van der Waals surface area contributed by atoms with E-state index in [9.17, 15) is 14.9 Å². The van der Waals surface area contributed by atoms with E-state index in [2.05, 4.69) is 15.3 Å². The molecule has 0 aromatic carbocycles. The van der Waals surface area contributed by atoms with Crippen molar-refractivity contribution in [3.05, 3.63) is 34.2 Å². The van der Waals surface area contributed by atoms with Gasteiger partial charge in [0, 0.05) is 19.6 Å². The van der Waals surface area contributed by atoms with Gasteiger partial charge in [0.15, 0.2) is 0 Å². The van der Waals surface area contributed by atoms with Crippen molar-refractivity contribution in [2.45, 2.75) is 12.8 Å². The number of nitrogens with one attached hydrogen (secondary N) is 2. The number of amides is 1. The first kappa shape index (κ1) is 13.8. The van der Waals surface area contributed by atoms with Crippen LogP contribution in [0.2, 0.25) is 0 Å². The zero-order valence-electron chi connectivity index (χ0n) is 9.63. The van der Waals surface area contributed by atoms with E-state index in [0.717, 1.165) is 0 Å². The number of allylic oxidation sites excluding steroid dienone is 1. The van der Waals surface area contributed by atoms with Crippen molar-refractivity contribution in [3.63, 3.8) is 0 Å². The predicted molar refractivity (Wildman–Crippen MR) is 62.8 cm³/mol. The third-order valence-electron chi connectivity index (χ3n) is 2.03. The molecule has 8 nitrogen and oxygen atoms in total. The number of aromatic amines is 1. The van der Waals surface area contributed by atoms with Gasteiger partial charge in [-0.15, -0.1) is 0 Å². The Hall–Kier alpha value is -2.22. The Kier molecular flexibility index (Phi) is 5.52. The normalized spacial score (nSPS) is 10.7. The van der Waals surface area contributed by atoms with E-state index >= 15 is 0 Å². The molecular weight excluding hydrogens is 240 g/mol. The third kappa shape index (κ3) is 4.74. The number of hydrogen-bond acceptors (Lipinski definition) is 5. The summed E-state index contributed by atoms with van der Waals surface area (Å²) in [4.78, 5) is 27.0. The number of carbonyl (C=O) groups is 1. The van der Waals surface area contributed by atoms with E-state index in [1.807, 2.05) is 0 Å². The summed E-state index contributed by atoms with van der Waals surface area (Å²) in [7, 11) is 0. The molecule has 1 aromatic rings. The molecule has 0 atom stereocenters. The van der Waals surface area contributed by atoms with Crippen LogP contribution in [0.5, 0.6) is 0 Å².